The van der Waals surface area contributed by atoms with Crippen molar-refractivity contribution < 1.29 is 19.0 Å². The fourth-order valence-electron chi connectivity index (χ4n) is 0.882. The van der Waals surface area contributed by atoms with Crippen molar-refractivity contribution in [3.63, 3.8) is 0 Å². The summed E-state index contributed by atoms with van der Waals surface area (Å²) in [6, 6.07) is 0. The van der Waals surface area contributed by atoms with Crippen LogP contribution in [0.4, 0.5) is 0 Å². The predicted octanol–water partition coefficient (Wildman–Crippen LogP) is 1.79. The number of esters is 1. The zero-order valence-corrected chi connectivity index (χ0v) is 10.2. The van der Waals surface area contributed by atoms with Gasteiger partial charge in [0.1, 0.15) is 6.61 Å². The average molecular weight is 230 g/mol. The smallest absolute Gasteiger partial charge is 0.330 e. The predicted molar refractivity (Wildman–Crippen MR) is 62.2 cm³/mol. The van der Waals surface area contributed by atoms with Crippen molar-refractivity contribution in [3.8, 4) is 0 Å². The highest BCUT2D eigenvalue weighted by molar-refractivity contribution is 5.81. The highest BCUT2D eigenvalue weighted by Gasteiger charge is 1.98. The fraction of sp³-hybridized carbons (Fsp3) is 0.750. The molecule has 0 radical (unpaired) electrons. The molecule has 0 aliphatic heterocycles. The molecule has 0 spiro atoms. The summed E-state index contributed by atoms with van der Waals surface area (Å²) in [5.41, 5.74) is 0. The van der Waals surface area contributed by atoms with Crippen molar-refractivity contribution >= 4 is 5.97 Å². The first-order valence-electron chi connectivity index (χ1n) is 5.65. The van der Waals surface area contributed by atoms with Gasteiger partial charge in [-0.1, -0.05) is 26.8 Å². The van der Waals surface area contributed by atoms with Gasteiger partial charge in [-0.25, -0.2) is 4.79 Å². The van der Waals surface area contributed by atoms with Gasteiger partial charge in [-0.2, -0.15) is 0 Å². The Kier molecular flexibility index (Phi) is 10.1. The van der Waals surface area contributed by atoms with Gasteiger partial charge in [0, 0.05) is 12.7 Å². The number of hydrogen-bond acceptors (Lipinski definition) is 4. The average Bonchev–Trinajstić information content (AvgIpc) is 2.31. The lowest BCUT2D eigenvalue weighted by Gasteiger charge is -2.09. The Morgan fingerprint density at radius 3 is 2.50 bits per heavy atom. The molecule has 0 amide bonds. The first-order valence-corrected chi connectivity index (χ1v) is 5.65. The lowest BCUT2D eigenvalue weighted by atomic mass is 10.1. The van der Waals surface area contributed by atoms with E-state index in [0.29, 0.717) is 25.7 Å². The second-order valence-corrected chi connectivity index (χ2v) is 3.57. The van der Waals surface area contributed by atoms with Crippen molar-refractivity contribution in [3.05, 3.63) is 12.7 Å². The van der Waals surface area contributed by atoms with Crippen LogP contribution in [0.15, 0.2) is 12.7 Å². The second kappa shape index (κ2) is 10.6. The summed E-state index contributed by atoms with van der Waals surface area (Å²) in [4.78, 5) is 10.6. The van der Waals surface area contributed by atoms with Crippen molar-refractivity contribution in [2.75, 3.05) is 33.0 Å². The van der Waals surface area contributed by atoms with Crippen LogP contribution in [0.3, 0.4) is 0 Å². The van der Waals surface area contributed by atoms with E-state index in [4.69, 9.17) is 14.2 Å². The minimum absolute atomic E-state index is 0.260. The standard InChI is InChI=1S/C12H22O4/c1-4-11(3)10-15-7-6-14-8-9-16-12(13)5-2/h5,11H,2,4,6-10H2,1,3H3. The summed E-state index contributed by atoms with van der Waals surface area (Å²) < 4.78 is 15.3. The van der Waals surface area contributed by atoms with Crippen LogP contribution in [0, 0.1) is 5.92 Å². The zero-order chi connectivity index (χ0) is 12.2. The molecule has 0 aliphatic carbocycles. The number of carbonyl (C=O) groups is 1. The van der Waals surface area contributed by atoms with Crippen LogP contribution in [0.5, 0.6) is 0 Å². The van der Waals surface area contributed by atoms with Crippen LogP contribution in [0.1, 0.15) is 20.3 Å². The molecule has 16 heavy (non-hydrogen) atoms. The van der Waals surface area contributed by atoms with Gasteiger partial charge in [0.05, 0.1) is 19.8 Å². The van der Waals surface area contributed by atoms with Crippen LogP contribution >= 0.6 is 0 Å². The van der Waals surface area contributed by atoms with Gasteiger partial charge in [-0.05, 0) is 5.92 Å². The Labute approximate surface area is 97.6 Å². The molecule has 0 saturated heterocycles. The third kappa shape index (κ3) is 9.68. The van der Waals surface area contributed by atoms with Crippen LogP contribution in [-0.2, 0) is 19.0 Å². The summed E-state index contributed by atoms with van der Waals surface area (Å²) in [6.07, 6.45) is 2.26. The van der Waals surface area contributed by atoms with E-state index in [1.165, 1.54) is 0 Å². The first-order chi connectivity index (χ1) is 7.70. The monoisotopic (exact) mass is 230 g/mol. The van der Waals surface area contributed by atoms with E-state index in [2.05, 4.69) is 20.4 Å². The minimum Gasteiger partial charge on any atom is -0.460 e. The third-order valence-electron chi connectivity index (χ3n) is 2.11. The Bertz CT molecular complexity index is 191. The molecule has 94 valence electrons. The van der Waals surface area contributed by atoms with E-state index >= 15 is 0 Å². The molecule has 0 rings (SSSR count). The molecule has 0 aliphatic rings. The SMILES string of the molecule is C=CC(=O)OCCOCCOCC(C)CC. The van der Waals surface area contributed by atoms with E-state index in [-0.39, 0.29) is 6.61 Å². The number of rotatable bonds is 10. The highest BCUT2D eigenvalue weighted by atomic mass is 16.6. The maximum Gasteiger partial charge on any atom is 0.330 e. The van der Waals surface area contributed by atoms with Gasteiger partial charge in [0.25, 0.3) is 0 Å². The molecule has 0 aromatic carbocycles. The molecule has 0 aromatic rings. The molecule has 0 saturated carbocycles. The van der Waals surface area contributed by atoms with Gasteiger partial charge in [-0.15, -0.1) is 0 Å². The zero-order valence-electron chi connectivity index (χ0n) is 10.2. The summed E-state index contributed by atoms with van der Waals surface area (Å²) in [5, 5.41) is 0. The van der Waals surface area contributed by atoms with Gasteiger partial charge in [0.2, 0.25) is 0 Å². The number of carbonyl (C=O) groups excluding carboxylic acids is 1. The Morgan fingerprint density at radius 1 is 1.25 bits per heavy atom. The van der Waals surface area contributed by atoms with Gasteiger partial charge < -0.3 is 14.2 Å². The van der Waals surface area contributed by atoms with Crippen LogP contribution < -0.4 is 0 Å². The molecule has 1 unspecified atom stereocenters. The molecule has 4 nitrogen and oxygen atoms in total. The van der Waals surface area contributed by atoms with E-state index in [1.807, 2.05) is 0 Å². The van der Waals surface area contributed by atoms with Gasteiger partial charge in [-0.3, -0.25) is 0 Å². The van der Waals surface area contributed by atoms with Crippen molar-refractivity contribution in [2.24, 2.45) is 5.92 Å². The quantitative estimate of drug-likeness (QED) is 0.326. The third-order valence-corrected chi connectivity index (χ3v) is 2.11. The minimum atomic E-state index is -0.420. The van der Waals surface area contributed by atoms with Crippen molar-refractivity contribution in [2.45, 2.75) is 20.3 Å². The maximum absolute atomic E-state index is 10.6. The molecular formula is C12H22O4. The number of hydrogen-bond donors (Lipinski definition) is 0. The molecule has 0 fully saturated rings. The molecular weight excluding hydrogens is 208 g/mol. The lowest BCUT2D eigenvalue weighted by Crippen LogP contribution is -2.13. The van der Waals surface area contributed by atoms with Crippen LogP contribution in [-0.4, -0.2) is 39.0 Å². The molecule has 4 heteroatoms. The Morgan fingerprint density at radius 2 is 1.88 bits per heavy atom. The molecule has 0 heterocycles. The van der Waals surface area contributed by atoms with E-state index in [0.717, 1.165) is 19.1 Å². The molecule has 0 N–H and O–H groups in total. The largest absolute Gasteiger partial charge is 0.460 e. The van der Waals surface area contributed by atoms with Crippen molar-refractivity contribution in [1.29, 1.82) is 0 Å². The molecule has 1 atom stereocenters. The van der Waals surface area contributed by atoms with Gasteiger partial charge in [0.15, 0.2) is 0 Å². The van der Waals surface area contributed by atoms with E-state index in [9.17, 15) is 4.79 Å². The summed E-state index contributed by atoms with van der Waals surface area (Å²) in [6.45, 7) is 10.1. The maximum atomic E-state index is 10.6. The topological polar surface area (TPSA) is 44.8 Å². The lowest BCUT2D eigenvalue weighted by molar-refractivity contribution is -0.139. The van der Waals surface area contributed by atoms with Gasteiger partial charge >= 0.3 is 5.97 Å². The summed E-state index contributed by atoms with van der Waals surface area (Å²) >= 11 is 0. The van der Waals surface area contributed by atoms with Crippen LogP contribution in [0.25, 0.3) is 0 Å². The Balaban J connectivity index is 3.10. The molecule has 0 bridgehead atoms. The summed E-state index contributed by atoms with van der Waals surface area (Å²) in [5.74, 6) is 0.171. The van der Waals surface area contributed by atoms with Crippen molar-refractivity contribution in [1.82, 2.24) is 0 Å². The van der Waals surface area contributed by atoms with Crippen LogP contribution in [0.2, 0.25) is 0 Å². The first kappa shape index (κ1) is 15.1. The number of ether oxygens (including phenoxy) is 3. The van der Waals surface area contributed by atoms with E-state index in [1.54, 1.807) is 0 Å². The normalized spacial score (nSPS) is 12.1. The summed E-state index contributed by atoms with van der Waals surface area (Å²) in [7, 11) is 0. The highest BCUT2D eigenvalue weighted by Crippen LogP contribution is 1.99. The Hall–Kier alpha value is -0.870. The van der Waals surface area contributed by atoms with E-state index < -0.39 is 5.97 Å². The molecule has 0 aromatic heterocycles. The fourth-order valence-corrected chi connectivity index (χ4v) is 0.882. The second-order valence-electron chi connectivity index (χ2n) is 3.57.